The summed E-state index contributed by atoms with van der Waals surface area (Å²) in [6.45, 7) is 2.43. The number of nitrogens with zero attached hydrogens (tertiary/aromatic N) is 1. The molecule has 1 aromatic carbocycles. The summed E-state index contributed by atoms with van der Waals surface area (Å²) in [6, 6.07) is 9.61. The van der Waals surface area contributed by atoms with Crippen molar-refractivity contribution < 1.29 is 19.4 Å². The molecule has 1 aromatic rings. The number of para-hydroxylation sites is 1. The van der Waals surface area contributed by atoms with Crippen LogP contribution in [0, 0.1) is 5.92 Å². The van der Waals surface area contributed by atoms with Gasteiger partial charge in [0.1, 0.15) is 6.10 Å². The Balaban J connectivity index is 1.78. The molecule has 3 unspecified atom stereocenters. The normalized spacial score (nSPS) is 22.4. The van der Waals surface area contributed by atoms with Gasteiger partial charge >= 0.3 is 5.97 Å². The number of unbranched alkanes of at least 4 members (excludes halogenated alkanes) is 1. The zero-order valence-corrected chi connectivity index (χ0v) is 16.7. The first-order chi connectivity index (χ1) is 13.5. The van der Waals surface area contributed by atoms with Crippen molar-refractivity contribution in [3.63, 3.8) is 0 Å². The summed E-state index contributed by atoms with van der Waals surface area (Å²) >= 11 is 5.23. The predicted molar refractivity (Wildman–Crippen MR) is 113 cm³/mol. The van der Waals surface area contributed by atoms with Crippen LogP contribution in [-0.2, 0) is 14.3 Å². The minimum Gasteiger partial charge on any atom is -0.481 e. The third kappa shape index (κ3) is 8.60. The van der Waals surface area contributed by atoms with Crippen molar-refractivity contribution in [2.75, 3.05) is 11.9 Å². The molecule has 0 aliphatic carbocycles. The van der Waals surface area contributed by atoms with Crippen molar-refractivity contribution in [1.82, 2.24) is 5.43 Å². The number of benzene rings is 1. The number of rotatable bonds is 9. The minimum absolute atomic E-state index is 0.133. The van der Waals surface area contributed by atoms with E-state index >= 15 is 0 Å². The van der Waals surface area contributed by atoms with Gasteiger partial charge < -0.3 is 19.9 Å². The second kappa shape index (κ2) is 12.2. The van der Waals surface area contributed by atoms with Crippen molar-refractivity contribution in [2.45, 2.75) is 45.0 Å². The molecule has 1 fully saturated rings. The molecule has 28 heavy (non-hydrogen) atoms. The highest BCUT2D eigenvalue weighted by Gasteiger charge is 2.28. The summed E-state index contributed by atoms with van der Waals surface area (Å²) in [4.78, 5) is 10.5. The maximum absolute atomic E-state index is 10.5. The first kappa shape index (κ1) is 22.0. The number of hydrogen-bond acceptors (Lipinski definition) is 5. The van der Waals surface area contributed by atoms with Crippen LogP contribution in [-0.4, -0.2) is 41.4 Å². The maximum Gasteiger partial charge on any atom is 0.303 e. The highest BCUT2D eigenvalue weighted by atomic mass is 32.1. The highest BCUT2D eigenvalue weighted by Crippen LogP contribution is 2.21. The van der Waals surface area contributed by atoms with E-state index in [9.17, 15) is 4.79 Å². The van der Waals surface area contributed by atoms with Crippen LogP contribution in [0.15, 0.2) is 47.6 Å². The molecule has 0 amide bonds. The zero-order valence-electron chi connectivity index (χ0n) is 15.9. The van der Waals surface area contributed by atoms with Crippen molar-refractivity contribution >= 4 is 35.2 Å². The third-order valence-corrected chi connectivity index (χ3v) is 4.34. The molecule has 8 heteroatoms. The smallest absolute Gasteiger partial charge is 0.303 e. The summed E-state index contributed by atoms with van der Waals surface area (Å²) in [6.07, 6.45) is 7.62. The first-order valence-corrected chi connectivity index (χ1v) is 9.74. The summed E-state index contributed by atoms with van der Waals surface area (Å²) in [5.74, 6) is -0.631. The Kier molecular flexibility index (Phi) is 9.61. The molecular weight excluding hydrogens is 378 g/mol. The van der Waals surface area contributed by atoms with Crippen molar-refractivity contribution in [3.8, 4) is 0 Å². The largest absolute Gasteiger partial charge is 0.481 e. The van der Waals surface area contributed by atoms with Crippen LogP contribution < -0.4 is 10.7 Å². The van der Waals surface area contributed by atoms with Crippen molar-refractivity contribution in [2.24, 2.45) is 11.0 Å². The lowest BCUT2D eigenvalue weighted by Gasteiger charge is -2.32. The Hall–Kier alpha value is -2.29. The number of hydrogen-bond donors (Lipinski definition) is 3. The molecule has 2 rings (SSSR count). The minimum atomic E-state index is -0.764. The van der Waals surface area contributed by atoms with Gasteiger partial charge in [-0.25, -0.2) is 0 Å². The molecule has 0 radical (unpaired) electrons. The number of aliphatic carboxylic acids is 1. The SMILES string of the molecule is CC1OCC(C/C=C\CCCC(=O)O)C(/C=N/NC(=S)Nc2ccccc2)O1. The molecule has 0 saturated carbocycles. The molecule has 1 aliphatic heterocycles. The highest BCUT2D eigenvalue weighted by molar-refractivity contribution is 7.80. The van der Waals surface area contributed by atoms with Crippen LogP contribution >= 0.6 is 12.2 Å². The Bertz CT molecular complexity index is 681. The van der Waals surface area contributed by atoms with Gasteiger partial charge in [-0.3, -0.25) is 10.2 Å². The fourth-order valence-corrected chi connectivity index (χ4v) is 2.87. The van der Waals surface area contributed by atoms with Crippen molar-refractivity contribution in [3.05, 3.63) is 42.5 Å². The quantitative estimate of drug-likeness (QED) is 0.190. The monoisotopic (exact) mass is 405 g/mol. The molecule has 7 nitrogen and oxygen atoms in total. The number of nitrogens with one attached hydrogen (secondary N) is 2. The second-order valence-electron chi connectivity index (χ2n) is 6.46. The van der Waals surface area contributed by atoms with Crippen LogP contribution in [0.5, 0.6) is 0 Å². The van der Waals surface area contributed by atoms with E-state index in [1.54, 1.807) is 6.21 Å². The molecule has 0 bridgehead atoms. The number of carbonyl (C=O) groups is 1. The van der Waals surface area contributed by atoms with E-state index in [2.05, 4.69) is 15.8 Å². The summed E-state index contributed by atoms with van der Waals surface area (Å²) in [5.41, 5.74) is 3.69. The summed E-state index contributed by atoms with van der Waals surface area (Å²) in [5, 5.41) is 16.3. The third-order valence-electron chi connectivity index (χ3n) is 4.14. The van der Waals surface area contributed by atoms with Gasteiger partial charge in [0.2, 0.25) is 0 Å². The molecule has 3 N–H and O–H groups in total. The van der Waals surface area contributed by atoms with Gasteiger partial charge in [-0.05, 0) is 50.5 Å². The topological polar surface area (TPSA) is 92.2 Å². The van der Waals surface area contributed by atoms with E-state index in [4.69, 9.17) is 26.8 Å². The fourth-order valence-electron chi connectivity index (χ4n) is 2.69. The van der Waals surface area contributed by atoms with E-state index < -0.39 is 5.97 Å². The summed E-state index contributed by atoms with van der Waals surface area (Å²) in [7, 11) is 0. The lowest BCUT2D eigenvalue weighted by molar-refractivity contribution is -0.206. The average molecular weight is 406 g/mol. The molecule has 1 saturated heterocycles. The van der Waals surface area contributed by atoms with Gasteiger partial charge in [-0.15, -0.1) is 0 Å². The Labute approximate surface area is 170 Å². The number of carboxylic acid groups (broad SMARTS) is 1. The lowest BCUT2D eigenvalue weighted by atomic mass is 9.98. The van der Waals surface area contributed by atoms with Crippen LogP contribution in [0.3, 0.4) is 0 Å². The van der Waals surface area contributed by atoms with E-state index in [0.717, 1.165) is 18.5 Å². The van der Waals surface area contributed by atoms with Gasteiger partial charge in [0, 0.05) is 18.0 Å². The van der Waals surface area contributed by atoms with Crippen LogP contribution in [0.1, 0.15) is 32.6 Å². The van der Waals surface area contributed by atoms with E-state index in [-0.39, 0.29) is 24.7 Å². The average Bonchev–Trinajstić information content (AvgIpc) is 2.66. The Morgan fingerprint density at radius 1 is 1.36 bits per heavy atom. The molecule has 1 aliphatic rings. The molecular formula is C20H27N3O4S. The predicted octanol–water partition coefficient (Wildman–Crippen LogP) is 3.54. The van der Waals surface area contributed by atoms with E-state index in [1.807, 2.05) is 49.4 Å². The number of thiocarbonyl (C=S) groups is 1. The Morgan fingerprint density at radius 3 is 2.89 bits per heavy atom. The molecule has 152 valence electrons. The maximum atomic E-state index is 10.5. The molecule has 0 aromatic heterocycles. The van der Waals surface area contributed by atoms with Gasteiger partial charge in [-0.2, -0.15) is 5.10 Å². The first-order valence-electron chi connectivity index (χ1n) is 9.33. The zero-order chi connectivity index (χ0) is 20.2. The fraction of sp³-hybridized carbons (Fsp3) is 0.450. The second-order valence-corrected chi connectivity index (χ2v) is 6.87. The number of ether oxygens (including phenoxy) is 2. The van der Waals surface area contributed by atoms with Gasteiger partial charge in [0.15, 0.2) is 11.4 Å². The number of hydrazone groups is 1. The molecule has 3 atom stereocenters. The standard InChI is InChI=1S/C20H27N3O4S/c1-15-26-14-16(9-5-2-3-8-12-19(24)25)18(27-15)13-21-23-20(28)22-17-10-6-4-7-11-17/h2,4-7,10-11,13,15-16,18H,3,8-9,12,14H2,1H3,(H,24,25)(H2,22,23,28)/b5-2-,21-13+. The number of anilines is 1. The van der Waals surface area contributed by atoms with Crippen LogP contribution in [0.25, 0.3) is 0 Å². The lowest BCUT2D eigenvalue weighted by Crippen LogP contribution is -2.40. The van der Waals surface area contributed by atoms with Crippen LogP contribution in [0.4, 0.5) is 5.69 Å². The van der Waals surface area contributed by atoms with E-state index in [0.29, 0.717) is 18.1 Å². The number of carboxylic acids is 1. The van der Waals surface area contributed by atoms with Gasteiger partial charge in [0.25, 0.3) is 0 Å². The van der Waals surface area contributed by atoms with Crippen LogP contribution in [0.2, 0.25) is 0 Å². The molecule has 0 spiro atoms. The Morgan fingerprint density at radius 2 is 2.14 bits per heavy atom. The van der Waals surface area contributed by atoms with Crippen molar-refractivity contribution in [1.29, 1.82) is 0 Å². The van der Waals surface area contributed by atoms with Gasteiger partial charge in [-0.1, -0.05) is 30.4 Å². The van der Waals surface area contributed by atoms with E-state index in [1.165, 1.54) is 0 Å². The summed E-state index contributed by atoms with van der Waals surface area (Å²) < 4.78 is 11.4. The number of allylic oxidation sites excluding steroid dienone is 2. The molecule has 1 heterocycles. The van der Waals surface area contributed by atoms with Gasteiger partial charge in [0.05, 0.1) is 12.8 Å².